The lowest BCUT2D eigenvalue weighted by atomic mass is 9.82. The molecule has 0 radical (unpaired) electrons. The van der Waals surface area contributed by atoms with E-state index < -0.39 is 118 Å². The molecule has 22 heteroatoms. The minimum atomic E-state index is -1.23. The highest BCUT2D eigenvalue weighted by Gasteiger charge is 2.48. The number of cyclic esters (lactones) is 1. The Kier molecular flexibility index (Phi) is 21.6. The van der Waals surface area contributed by atoms with Crippen molar-refractivity contribution in [3.63, 3.8) is 0 Å². The quantitative estimate of drug-likeness (QED) is 0.0642. The predicted molar refractivity (Wildman–Crippen MR) is 285 cm³/mol. The molecule has 0 spiro atoms. The maximum atomic E-state index is 14.2. The number of hydroxylamine groups is 2. The van der Waals surface area contributed by atoms with Crippen LogP contribution in [0, 0.1) is 22.7 Å². The summed E-state index contributed by atoms with van der Waals surface area (Å²) in [5.41, 5.74) is 0.582. The van der Waals surface area contributed by atoms with Crippen molar-refractivity contribution in [3.05, 3.63) is 76.3 Å². The van der Waals surface area contributed by atoms with Crippen LogP contribution in [-0.2, 0) is 75.2 Å². The number of ether oxygens (including phenoxy) is 3. The number of nitrogens with zero attached hydrogens (tertiary/aromatic N) is 1. The summed E-state index contributed by atoms with van der Waals surface area (Å²) in [5.74, 6) is -6.20. The number of hydrogen-bond acceptors (Lipinski definition) is 14. The SMILES string of the molecule is COc1ccc(C[C@H]2NC(=O)/C=C\C[C@@H]([C@H](C)[C@H]3O[C@@H]3c3ccc(CNC(=O)[C@H](C)NC(=O)[C@@H](NC(=O)CCCC(=O)ON4C(=O)CCC4=O)C(C)C)cc3)OC(=O)[C@H](CC(C)(C)C)NC(=O)C(C)(C)C(C)NC2=O)cc1Cl. The maximum Gasteiger partial charge on any atom is 0.333 e. The lowest BCUT2D eigenvalue weighted by Gasteiger charge is -2.35. The minimum Gasteiger partial charge on any atom is -0.495 e. The van der Waals surface area contributed by atoms with Gasteiger partial charge in [0.15, 0.2) is 0 Å². The second kappa shape index (κ2) is 27.1. The Bertz CT molecular complexity index is 2580. The number of carbonyl (C=O) groups excluding carboxylic acids is 10. The average molecular weight is 1110 g/mol. The van der Waals surface area contributed by atoms with Crippen LogP contribution in [0.25, 0.3) is 0 Å². The van der Waals surface area contributed by atoms with E-state index in [9.17, 15) is 47.9 Å². The molecule has 6 N–H and O–H groups in total. The van der Waals surface area contributed by atoms with Crippen molar-refractivity contribution in [1.82, 2.24) is 37.0 Å². The standard InChI is InChI=1S/C56H76ClN7O14/c1-30(2)47(63-43(66)16-13-17-46(69)78-64-44(67)24-25-45(64)68)52(72)59-32(4)50(70)58-29-34-18-21-36(22-19-34)49-48(77-49)31(3)40-14-12-15-42(65)61-38(27-35-20-23-41(75-11)37(57)26-35)51(71)60-33(5)56(9,10)54(74)62-39(53(73)76-40)28-55(6,7)8/h12,15,18-23,26,30-33,38-40,47-49H,13-14,16-17,24-25,27-29H2,1-11H3,(H,58,70)(H,59,72)(H,60,71)(H,61,65)(H,62,74)(H,63,66)/b15-12-/t31-,32-,33?,38+,39-,40-,47-,48+,49+/m0/s1. The highest BCUT2D eigenvalue weighted by molar-refractivity contribution is 6.32. The van der Waals surface area contributed by atoms with E-state index in [-0.39, 0.29) is 69.9 Å². The molecule has 2 fully saturated rings. The van der Waals surface area contributed by atoms with Gasteiger partial charge in [-0.3, -0.25) is 38.4 Å². The number of methoxy groups -OCH3 is 1. The zero-order valence-corrected chi connectivity index (χ0v) is 47.1. The first-order valence-electron chi connectivity index (χ1n) is 26.4. The first-order valence-corrected chi connectivity index (χ1v) is 26.8. The number of nitrogens with one attached hydrogen (secondary N) is 6. The number of amides is 8. The number of carbonyl (C=O) groups is 10. The predicted octanol–water partition coefficient (Wildman–Crippen LogP) is 4.51. The molecule has 2 aromatic rings. The molecule has 78 heavy (non-hydrogen) atoms. The molecule has 2 aromatic carbocycles. The molecular weight excluding hydrogens is 1030 g/mol. The van der Waals surface area contributed by atoms with Crippen LogP contribution in [0.5, 0.6) is 5.75 Å². The van der Waals surface area contributed by atoms with E-state index in [2.05, 4.69) is 31.9 Å². The van der Waals surface area contributed by atoms with E-state index in [1.54, 1.807) is 58.9 Å². The molecule has 0 aliphatic carbocycles. The van der Waals surface area contributed by atoms with Crippen LogP contribution >= 0.6 is 11.6 Å². The van der Waals surface area contributed by atoms with Crippen LogP contribution in [0.2, 0.25) is 5.02 Å². The molecule has 3 heterocycles. The molecule has 3 aliphatic heterocycles. The monoisotopic (exact) mass is 1110 g/mol. The second-order valence-electron chi connectivity index (χ2n) is 22.3. The highest BCUT2D eigenvalue weighted by atomic mass is 35.5. The van der Waals surface area contributed by atoms with E-state index in [1.807, 2.05) is 52.0 Å². The van der Waals surface area contributed by atoms with Gasteiger partial charge in [-0.1, -0.05) is 89.6 Å². The number of halogens is 1. The van der Waals surface area contributed by atoms with Crippen molar-refractivity contribution < 1.29 is 67.0 Å². The molecule has 426 valence electrons. The Morgan fingerprint density at radius 3 is 2.13 bits per heavy atom. The summed E-state index contributed by atoms with van der Waals surface area (Å²) in [6, 6.07) is 7.60. The van der Waals surface area contributed by atoms with Gasteiger partial charge in [0.2, 0.25) is 35.4 Å². The van der Waals surface area contributed by atoms with E-state index in [1.165, 1.54) is 20.1 Å². The third kappa shape index (κ3) is 17.6. The molecule has 2 saturated heterocycles. The van der Waals surface area contributed by atoms with Crippen molar-refractivity contribution in [2.24, 2.45) is 22.7 Å². The Morgan fingerprint density at radius 2 is 1.51 bits per heavy atom. The fourth-order valence-electron chi connectivity index (χ4n) is 8.77. The summed E-state index contributed by atoms with van der Waals surface area (Å²) >= 11 is 6.41. The van der Waals surface area contributed by atoms with Crippen LogP contribution in [0.15, 0.2) is 54.6 Å². The molecule has 9 atom stereocenters. The Labute approximate surface area is 460 Å². The zero-order chi connectivity index (χ0) is 57.8. The first-order chi connectivity index (χ1) is 36.6. The summed E-state index contributed by atoms with van der Waals surface area (Å²) in [5, 5.41) is 17.5. The lowest BCUT2D eigenvalue weighted by Crippen LogP contribution is -2.58. The highest BCUT2D eigenvalue weighted by Crippen LogP contribution is 2.45. The van der Waals surface area contributed by atoms with Gasteiger partial charge in [0.25, 0.3) is 11.8 Å². The fraction of sp³-hybridized carbons (Fsp3) is 0.571. The van der Waals surface area contributed by atoms with Gasteiger partial charge in [-0.15, -0.1) is 5.06 Å². The molecule has 5 rings (SSSR count). The molecule has 3 aliphatic rings. The van der Waals surface area contributed by atoms with Gasteiger partial charge in [0.1, 0.15) is 42.1 Å². The number of hydrogen-bond donors (Lipinski definition) is 6. The fourth-order valence-corrected chi connectivity index (χ4v) is 9.05. The van der Waals surface area contributed by atoms with E-state index in [4.69, 9.17) is 30.6 Å². The van der Waals surface area contributed by atoms with E-state index >= 15 is 0 Å². The molecular formula is C56H76ClN7O14. The molecule has 0 aromatic heterocycles. The van der Waals surface area contributed by atoms with Gasteiger partial charge >= 0.3 is 11.9 Å². The zero-order valence-electron chi connectivity index (χ0n) is 46.4. The Balaban J connectivity index is 1.20. The van der Waals surface area contributed by atoms with Crippen molar-refractivity contribution in [1.29, 1.82) is 0 Å². The van der Waals surface area contributed by atoms with Gasteiger partial charge in [-0.2, -0.15) is 0 Å². The van der Waals surface area contributed by atoms with Crippen LogP contribution in [-0.4, -0.2) is 114 Å². The van der Waals surface area contributed by atoms with Gasteiger partial charge in [0, 0.05) is 57.0 Å². The number of benzene rings is 2. The molecule has 8 amide bonds. The number of rotatable bonds is 19. The van der Waals surface area contributed by atoms with Crippen molar-refractivity contribution in [3.8, 4) is 5.75 Å². The third-order valence-electron chi connectivity index (χ3n) is 14.0. The second-order valence-corrected chi connectivity index (χ2v) is 22.8. The topological polar surface area (TPSA) is 286 Å². The molecule has 21 nitrogen and oxygen atoms in total. The number of esters is 1. The molecule has 1 unspecified atom stereocenters. The smallest absolute Gasteiger partial charge is 0.333 e. The summed E-state index contributed by atoms with van der Waals surface area (Å²) in [4.78, 5) is 135. The van der Waals surface area contributed by atoms with Crippen LogP contribution in [0.1, 0.15) is 137 Å². The van der Waals surface area contributed by atoms with Gasteiger partial charge in [-0.05, 0) is 86.8 Å². The van der Waals surface area contributed by atoms with Gasteiger partial charge < -0.3 is 50.9 Å². The number of imide groups is 1. The van der Waals surface area contributed by atoms with Gasteiger partial charge in [0.05, 0.1) is 23.7 Å². The summed E-state index contributed by atoms with van der Waals surface area (Å²) in [7, 11) is 1.49. The van der Waals surface area contributed by atoms with Crippen LogP contribution in [0.3, 0.4) is 0 Å². The Hall–Kier alpha value is -6.87. The minimum absolute atomic E-state index is 0.0367. The number of epoxide rings is 1. The lowest BCUT2D eigenvalue weighted by molar-refractivity contribution is -0.197. The third-order valence-corrected chi connectivity index (χ3v) is 14.3. The van der Waals surface area contributed by atoms with Gasteiger partial charge in [-0.25, -0.2) is 9.59 Å². The first kappa shape index (κ1) is 62.0. The Morgan fingerprint density at radius 1 is 0.859 bits per heavy atom. The van der Waals surface area contributed by atoms with Crippen molar-refractivity contribution in [2.75, 3.05) is 7.11 Å². The van der Waals surface area contributed by atoms with E-state index in [0.717, 1.165) is 11.1 Å². The largest absolute Gasteiger partial charge is 0.495 e. The van der Waals surface area contributed by atoms with Crippen LogP contribution < -0.4 is 36.6 Å². The average Bonchev–Trinajstić information content (AvgIpc) is 4.15. The van der Waals surface area contributed by atoms with E-state index in [0.29, 0.717) is 21.4 Å². The molecule has 0 bridgehead atoms. The van der Waals surface area contributed by atoms with Crippen molar-refractivity contribution >= 4 is 70.8 Å². The summed E-state index contributed by atoms with van der Waals surface area (Å²) in [6.07, 6.45) is 1.25. The van der Waals surface area contributed by atoms with Crippen molar-refractivity contribution in [2.45, 2.75) is 176 Å². The normalized spacial score (nSPS) is 23.6. The van der Waals surface area contributed by atoms with Crippen LogP contribution in [0.4, 0.5) is 0 Å². The molecule has 0 saturated carbocycles. The summed E-state index contributed by atoms with van der Waals surface area (Å²) in [6.45, 7) is 17.8. The maximum absolute atomic E-state index is 14.2. The summed E-state index contributed by atoms with van der Waals surface area (Å²) < 4.78 is 17.7.